The average molecular weight is 214 g/mol. The number of hydrogen-bond donors (Lipinski definition) is 1. The molecule has 0 aliphatic heterocycles. The highest BCUT2D eigenvalue weighted by Gasteiger charge is 2.03. The maximum absolute atomic E-state index is 11.8. The summed E-state index contributed by atoms with van der Waals surface area (Å²) in [6.07, 6.45) is 0. The summed E-state index contributed by atoms with van der Waals surface area (Å²) in [4.78, 5) is 0. The molecule has 14 heavy (non-hydrogen) atoms. The van der Waals surface area contributed by atoms with Gasteiger partial charge in [0.2, 0.25) is 0 Å². The predicted molar refractivity (Wildman–Crippen MR) is 53.8 cm³/mol. The van der Waals surface area contributed by atoms with Crippen LogP contribution in [0.3, 0.4) is 0 Å². The first-order chi connectivity index (χ1) is 6.72. The largest absolute Gasteiger partial charge is 0.435 e. The van der Waals surface area contributed by atoms with Gasteiger partial charge in [-0.15, -0.1) is 0 Å². The van der Waals surface area contributed by atoms with Crippen molar-refractivity contribution in [1.29, 1.82) is 0 Å². The van der Waals surface area contributed by atoms with Crippen molar-refractivity contribution in [3.63, 3.8) is 0 Å². The molecule has 0 unspecified atom stereocenters. The average Bonchev–Trinajstić information content (AvgIpc) is 2.14. The Morgan fingerprint density at radius 2 is 2.21 bits per heavy atom. The Morgan fingerprint density at radius 3 is 2.86 bits per heavy atom. The zero-order valence-corrected chi connectivity index (χ0v) is 8.10. The standard InChI is InChI=1S/C10H8F2OS/c11-10(12)13-9-5-1-3-8(7-9)4-2-6-14/h1,3,5,7,10,14H,6H2. The lowest BCUT2D eigenvalue weighted by Gasteiger charge is -2.03. The van der Waals surface area contributed by atoms with E-state index in [-0.39, 0.29) is 5.75 Å². The van der Waals surface area contributed by atoms with E-state index in [0.717, 1.165) is 0 Å². The number of rotatable bonds is 2. The second kappa shape index (κ2) is 5.51. The SMILES string of the molecule is FC(F)Oc1cccc(C#CCS)c1. The molecule has 0 radical (unpaired) electrons. The van der Waals surface area contributed by atoms with Gasteiger partial charge in [0.1, 0.15) is 5.75 Å². The lowest BCUT2D eigenvalue weighted by Crippen LogP contribution is -2.01. The molecule has 1 aromatic carbocycles. The number of hydrogen-bond acceptors (Lipinski definition) is 2. The molecule has 0 fully saturated rings. The van der Waals surface area contributed by atoms with Crippen LogP contribution in [0.4, 0.5) is 8.78 Å². The molecule has 0 aliphatic carbocycles. The first-order valence-electron chi connectivity index (χ1n) is 3.87. The number of halogens is 2. The van der Waals surface area contributed by atoms with Gasteiger partial charge in [-0.25, -0.2) is 0 Å². The summed E-state index contributed by atoms with van der Waals surface area (Å²) < 4.78 is 27.9. The lowest BCUT2D eigenvalue weighted by atomic mass is 10.2. The van der Waals surface area contributed by atoms with Gasteiger partial charge in [-0.2, -0.15) is 21.4 Å². The fraction of sp³-hybridized carbons (Fsp3) is 0.200. The highest BCUT2D eigenvalue weighted by atomic mass is 32.1. The second-order valence-electron chi connectivity index (χ2n) is 2.37. The Balaban J connectivity index is 2.78. The van der Waals surface area contributed by atoms with E-state index in [1.165, 1.54) is 12.1 Å². The van der Waals surface area contributed by atoms with E-state index in [1.54, 1.807) is 12.1 Å². The monoisotopic (exact) mass is 214 g/mol. The van der Waals surface area contributed by atoms with Crippen LogP contribution >= 0.6 is 12.6 Å². The third-order valence-electron chi connectivity index (χ3n) is 1.37. The molecular weight excluding hydrogens is 206 g/mol. The topological polar surface area (TPSA) is 9.23 Å². The van der Waals surface area contributed by atoms with Crippen LogP contribution < -0.4 is 4.74 Å². The van der Waals surface area contributed by atoms with Crippen LogP contribution in [-0.4, -0.2) is 12.4 Å². The maximum Gasteiger partial charge on any atom is 0.387 e. The molecule has 74 valence electrons. The van der Waals surface area contributed by atoms with E-state index >= 15 is 0 Å². The van der Waals surface area contributed by atoms with Crippen molar-refractivity contribution in [2.45, 2.75) is 6.61 Å². The summed E-state index contributed by atoms with van der Waals surface area (Å²) in [5.74, 6) is 6.02. The van der Waals surface area contributed by atoms with Gasteiger partial charge in [-0.1, -0.05) is 17.9 Å². The highest BCUT2D eigenvalue weighted by Crippen LogP contribution is 2.15. The minimum absolute atomic E-state index is 0.117. The third-order valence-corrected chi connectivity index (χ3v) is 1.53. The van der Waals surface area contributed by atoms with Crippen molar-refractivity contribution in [3.05, 3.63) is 29.8 Å². The Bertz CT molecular complexity index is 355. The number of alkyl halides is 2. The quantitative estimate of drug-likeness (QED) is 0.588. The molecule has 0 bridgehead atoms. The molecule has 0 saturated carbocycles. The van der Waals surface area contributed by atoms with Crippen LogP contribution in [0.1, 0.15) is 5.56 Å². The molecule has 0 heterocycles. The molecule has 0 aliphatic rings. The Kier molecular flexibility index (Phi) is 4.27. The van der Waals surface area contributed by atoms with E-state index in [9.17, 15) is 8.78 Å². The summed E-state index contributed by atoms with van der Waals surface area (Å²) in [6.45, 7) is -2.80. The second-order valence-corrected chi connectivity index (χ2v) is 2.68. The molecule has 1 aromatic rings. The number of benzene rings is 1. The van der Waals surface area contributed by atoms with Gasteiger partial charge < -0.3 is 4.74 Å². The van der Waals surface area contributed by atoms with Gasteiger partial charge in [0.05, 0.1) is 5.75 Å². The zero-order chi connectivity index (χ0) is 10.4. The molecule has 0 N–H and O–H groups in total. The minimum Gasteiger partial charge on any atom is -0.435 e. The fourth-order valence-electron chi connectivity index (χ4n) is 0.892. The molecule has 0 atom stereocenters. The molecule has 1 rings (SSSR count). The third kappa shape index (κ3) is 3.67. The molecular formula is C10H8F2OS. The minimum atomic E-state index is -2.80. The van der Waals surface area contributed by atoms with Gasteiger partial charge >= 0.3 is 6.61 Å². The Labute approximate surface area is 86.5 Å². The molecule has 1 nitrogen and oxygen atoms in total. The number of thiol groups is 1. The van der Waals surface area contributed by atoms with Crippen LogP contribution in [0.5, 0.6) is 5.75 Å². The molecule has 4 heteroatoms. The summed E-state index contributed by atoms with van der Waals surface area (Å²) in [5, 5.41) is 0. The van der Waals surface area contributed by atoms with Gasteiger partial charge in [-0.3, -0.25) is 0 Å². The Morgan fingerprint density at radius 1 is 1.43 bits per heavy atom. The van der Waals surface area contributed by atoms with Crippen molar-refractivity contribution in [2.24, 2.45) is 0 Å². The fourth-order valence-corrected chi connectivity index (χ4v) is 0.971. The molecule has 0 aromatic heterocycles. The highest BCUT2D eigenvalue weighted by molar-refractivity contribution is 7.80. The molecule has 0 amide bonds. The van der Waals surface area contributed by atoms with E-state index in [4.69, 9.17) is 0 Å². The van der Waals surface area contributed by atoms with Crippen LogP contribution in [-0.2, 0) is 0 Å². The normalized spacial score (nSPS) is 9.43. The van der Waals surface area contributed by atoms with Crippen LogP contribution in [0.2, 0.25) is 0 Å². The van der Waals surface area contributed by atoms with Gasteiger partial charge in [-0.05, 0) is 18.2 Å². The van der Waals surface area contributed by atoms with Crippen LogP contribution in [0.15, 0.2) is 24.3 Å². The van der Waals surface area contributed by atoms with Crippen LogP contribution in [0.25, 0.3) is 0 Å². The van der Waals surface area contributed by atoms with Crippen LogP contribution in [0, 0.1) is 11.8 Å². The Hall–Kier alpha value is -1.21. The maximum atomic E-state index is 11.8. The number of ether oxygens (including phenoxy) is 1. The van der Waals surface area contributed by atoms with Gasteiger partial charge in [0.25, 0.3) is 0 Å². The summed E-state index contributed by atoms with van der Waals surface area (Å²) in [6, 6.07) is 6.25. The van der Waals surface area contributed by atoms with Gasteiger partial charge in [0.15, 0.2) is 0 Å². The van der Waals surface area contributed by atoms with Crippen molar-refractivity contribution in [3.8, 4) is 17.6 Å². The van der Waals surface area contributed by atoms with Gasteiger partial charge in [0, 0.05) is 5.56 Å². The zero-order valence-electron chi connectivity index (χ0n) is 7.21. The van der Waals surface area contributed by atoms with E-state index in [2.05, 4.69) is 29.2 Å². The smallest absolute Gasteiger partial charge is 0.387 e. The van der Waals surface area contributed by atoms with Crippen molar-refractivity contribution in [1.82, 2.24) is 0 Å². The first-order valence-corrected chi connectivity index (χ1v) is 4.50. The summed E-state index contributed by atoms with van der Waals surface area (Å²) in [7, 11) is 0. The van der Waals surface area contributed by atoms with Crippen molar-refractivity contribution in [2.75, 3.05) is 5.75 Å². The summed E-state index contributed by atoms with van der Waals surface area (Å²) in [5.41, 5.74) is 0.636. The summed E-state index contributed by atoms with van der Waals surface area (Å²) >= 11 is 3.91. The van der Waals surface area contributed by atoms with E-state index < -0.39 is 6.61 Å². The first kappa shape index (κ1) is 10.9. The molecule has 0 saturated heterocycles. The lowest BCUT2D eigenvalue weighted by molar-refractivity contribution is -0.0498. The van der Waals surface area contributed by atoms with Crippen molar-refractivity contribution >= 4 is 12.6 Å². The van der Waals surface area contributed by atoms with Crippen molar-refractivity contribution < 1.29 is 13.5 Å². The van der Waals surface area contributed by atoms with E-state index in [0.29, 0.717) is 11.3 Å². The predicted octanol–water partition coefficient (Wildman–Crippen LogP) is 2.57. The molecule has 0 spiro atoms. The van der Waals surface area contributed by atoms with E-state index in [1.807, 2.05) is 0 Å².